The number of hydrogen-bond acceptors (Lipinski definition) is 6. The van der Waals surface area contributed by atoms with E-state index in [2.05, 4.69) is 26.6 Å². The van der Waals surface area contributed by atoms with E-state index in [1.165, 1.54) is 0 Å². The van der Waals surface area contributed by atoms with Gasteiger partial charge in [-0.05, 0) is 13.0 Å². The van der Waals surface area contributed by atoms with Crippen molar-refractivity contribution >= 4 is 5.91 Å². The second-order valence-corrected chi connectivity index (χ2v) is 7.09. The molecule has 1 aromatic heterocycles. The minimum Gasteiger partial charge on any atom is -0.493 e. The molecule has 144 valence electrons. The van der Waals surface area contributed by atoms with Gasteiger partial charge < -0.3 is 14.8 Å². The van der Waals surface area contributed by atoms with Gasteiger partial charge in [0.05, 0.1) is 37.8 Å². The molecule has 8 heteroatoms. The standard InChI is InChI=1S/C19H25N5O3/c1-14-2-3-18-16(10-14)17(4-7-27-18)20-19(25)13-24-12-15(21-22-24)11-23-5-8-26-9-6-23/h2-3,10,12,17H,4-9,11,13H2,1H3,(H,20,25). The van der Waals surface area contributed by atoms with Gasteiger partial charge in [-0.25, -0.2) is 4.68 Å². The molecule has 2 aliphatic heterocycles. The van der Waals surface area contributed by atoms with E-state index in [9.17, 15) is 4.79 Å². The minimum atomic E-state index is -0.0721. The molecule has 2 aliphatic rings. The molecule has 1 unspecified atom stereocenters. The highest BCUT2D eigenvalue weighted by Gasteiger charge is 2.23. The smallest absolute Gasteiger partial charge is 0.242 e. The van der Waals surface area contributed by atoms with Gasteiger partial charge in [-0.1, -0.05) is 22.9 Å². The molecule has 0 bridgehead atoms. The normalized spacial score (nSPS) is 20.0. The third-order valence-corrected chi connectivity index (χ3v) is 4.92. The summed E-state index contributed by atoms with van der Waals surface area (Å²) in [6.07, 6.45) is 2.61. The van der Waals surface area contributed by atoms with E-state index in [0.29, 0.717) is 6.61 Å². The highest BCUT2D eigenvalue weighted by molar-refractivity contribution is 5.76. The molecule has 1 amide bonds. The number of amides is 1. The molecule has 0 aliphatic carbocycles. The molecule has 0 spiro atoms. The summed E-state index contributed by atoms with van der Waals surface area (Å²) in [6, 6.07) is 6.04. The molecular formula is C19H25N5O3. The number of carbonyl (C=O) groups excluding carboxylic acids is 1. The zero-order chi connectivity index (χ0) is 18.6. The number of rotatable bonds is 5. The zero-order valence-corrected chi connectivity index (χ0v) is 15.6. The Hall–Kier alpha value is -2.45. The average Bonchev–Trinajstić information content (AvgIpc) is 3.09. The van der Waals surface area contributed by atoms with Crippen LogP contribution in [0.2, 0.25) is 0 Å². The van der Waals surface area contributed by atoms with Crippen molar-refractivity contribution in [2.75, 3.05) is 32.9 Å². The molecule has 2 aromatic rings. The number of hydrogen-bond donors (Lipinski definition) is 1. The fraction of sp³-hybridized carbons (Fsp3) is 0.526. The highest BCUT2D eigenvalue weighted by Crippen LogP contribution is 2.32. The van der Waals surface area contributed by atoms with Gasteiger partial charge in [0.1, 0.15) is 12.3 Å². The Bertz CT molecular complexity index is 800. The summed E-state index contributed by atoms with van der Waals surface area (Å²) in [5.74, 6) is 0.780. The van der Waals surface area contributed by atoms with Gasteiger partial charge in [0.15, 0.2) is 0 Å². The number of benzene rings is 1. The van der Waals surface area contributed by atoms with Crippen LogP contribution in [0.4, 0.5) is 0 Å². The molecule has 1 atom stereocenters. The lowest BCUT2D eigenvalue weighted by molar-refractivity contribution is -0.122. The zero-order valence-electron chi connectivity index (χ0n) is 15.6. The second-order valence-electron chi connectivity index (χ2n) is 7.09. The van der Waals surface area contributed by atoms with Crippen LogP contribution in [0, 0.1) is 6.92 Å². The first-order valence-corrected chi connectivity index (χ1v) is 9.39. The Balaban J connectivity index is 1.34. The van der Waals surface area contributed by atoms with Crippen molar-refractivity contribution in [1.82, 2.24) is 25.2 Å². The van der Waals surface area contributed by atoms with E-state index in [-0.39, 0.29) is 18.5 Å². The van der Waals surface area contributed by atoms with Crippen molar-refractivity contribution in [3.63, 3.8) is 0 Å². The number of morpholine rings is 1. The first-order valence-electron chi connectivity index (χ1n) is 9.39. The molecule has 1 N–H and O–H groups in total. The molecule has 3 heterocycles. The third kappa shape index (κ3) is 4.45. The highest BCUT2D eigenvalue weighted by atomic mass is 16.5. The molecule has 4 rings (SSSR count). The lowest BCUT2D eigenvalue weighted by Crippen LogP contribution is -2.35. The maximum atomic E-state index is 12.5. The SMILES string of the molecule is Cc1ccc2c(c1)C(NC(=O)Cn1cc(CN3CCOCC3)nn1)CCO2. The summed E-state index contributed by atoms with van der Waals surface area (Å²) < 4.78 is 12.6. The molecule has 27 heavy (non-hydrogen) atoms. The topological polar surface area (TPSA) is 81.5 Å². The summed E-state index contributed by atoms with van der Waals surface area (Å²) in [5, 5.41) is 11.4. The van der Waals surface area contributed by atoms with E-state index >= 15 is 0 Å². The van der Waals surface area contributed by atoms with Crippen LogP contribution in [0.25, 0.3) is 0 Å². The average molecular weight is 371 g/mol. The molecular weight excluding hydrogens is 346 g/mol. The Morgan fingerprint density at radius 2 is 2.15 bits per heavy atom. The van der Waals surface area contributed by atoms with Crippen molar-refractivity contribution < 1.29 is 14.3 Å². The third-order valence-electron chi connectivity index (χ3n) is 4.92. The molecule has 1 fully saturated rings. The Kier molecular flexibility index (Phi) is 5.35. The van der Waals surface area contributed by atoms with Crippen LogP contribution >= 0.6 is 0 Å². The van der Waals surface area contributed by atoms with Crippen LogP contribution in [0.15, 0.2) is 24.4 Å². The van der Waals surface area contributed by atoms with Gasteiger partial charge in [0.25, 0.3) is 0 Å². The number of carbonyl (C=O) groups is 1. The first kappa shape index (κ1) is 17.9. The maximum absolute atomic E-state index is 12.5. The van der Waals surface area contributed by atoms with E-state index in [4.69, 9.17) is 9.47 Å². The molecule has 1 saturated heterocycles. The number of nitrogens with zero attached hydrogens (tertiary/aromatic N) is 4. The van der Waals surface area contributed by atoms with Crippen LogP contribution < -0.4 is 10.1 Å². The van der Waals surface area contributed by atoms with Gasteiger partial charge in [0.2, 0.25) is 5.91 Å². The van der Waals surface area contributed by atoms with E-state index in [1.807, 2.05) is 25.3 Å². The molecule has 0 radical (unpaired) electrons. The van der Waals surface area contributed by atoms with Gasteiger partial charge in [-0.2, -0.15) is 0 Å². The second kappa shape index (κ2) is 8.06. The van der Waals surface area contributed by atoms with Crippen molar-refractivity contribution in [2.24, 2.45) is 0 Å². The fourth-order valence-electron chi connectivity index (χ4n) is 3.53. The number of ether oxygens (including phenoxy) is 2. The largest absolute Gasteiger partial charge is 0.493 e. The van der Waals surface area contributed by atoms with Crippen LogP contribution in [0.3, 0.4) is 0 Å². The van der Waals surface area contributed by atoms with Gasteiger partial charge in [0, 0.05) is 31.6 Å². The number of nitrogens with one attached hydrogen (secondary N) is 1. The number of aromatic nitrogens is 3. The van der Waals surface area contributed by atoms with E-state index < -0.39 is 0 Å². The Morgan fingerprint density at radius 1 is 1.30 bits per heavy atom. The maximum Gasteiger partial charge on any atom is 0.242 e. The fourth-order valence-corrected chi connectivity index (χ4v) is 3.53. The van der Waals surface area contributed by atoms with Crippen molar-refractivity contribution in [3.05, 3.63) is 41.2 Å². The van der Waals surface area contributed by atoms with Crippen LogP contribution in [-0.2, 0) is 22.6 Å². The summed E-state index contributed by atoms with van der Waals surface area (Å²) >= 11 is 0. The van der Waals surface area contributed by atoms with Crippen molar-refractivity contribution in [2.45, 2.75) is 32.5 Å². The van der Waals surface area contributed by atoms with Crippen molar-refractivity contribution in [1.29, 1.82) is 0 Å². The first-order chi connectivity index (χ1) is 13.2. The summed E-state index contributed by atoms with van der Waals surface area (Å²) in [4.78, 5) is 14.8. The summed E-state index contributed by atoms with van der Waals surface area (Å²) in [7, 11) is 0. The monoisotopic (exact) mass is 371 g/mol. The number of fused-ring (bicyclic) bond motifs is 1. The van der Waals surface area contributed by atoms with Gasteiger partial charge in [-0.3, -0.25) is 9.69 Å². The lowest BCUT2D eigenvalue weighted by Gasteiger charge is -2.27. The van der Waals surface area contributed by atoms with E-state index in [1.54, 1.807) is 4.68 Å². The van der Waals surface area contributed by atoms with Crippen LogP contribution in [0.5, 0.6) is 5.75 Å². The minimum absolute atomic E-state index is 0.0301. The van der Waals surface area contributed by atoms with Gasteiger partial charge in [-0.15, -0.1) is 5.10 Å². The van der Waals surface area contributed by atoms with Crippen LogP contribution in [0.1, 0.15) is 29.3 Å². The Labute approximate surface area is 158 Å². The number of aryl methyl sites for hydroxylation is 1. The van der Waals surface area contributed by atoms with Crippen LogP contribution in [-0.4, -0.2) is 58.7 Å². The predicted octanol–water partition coefficient (Wildman–Crippen LogP) is 1.06. The summed E-state index contributed by atoms with van der Waals surface area (Å²) in [6.45, 7) is 6.84. The van der Waals surface area contributed by atoms with E-state index in [0.717, 1.165) is 61.8 Å². The molecule has 8 nitrogen and oxygen atoms in total. The summed E-state index contributed by atoms with van der Waals surface area (Å²) in [5.41, 5.74) is 3.07. The lowest BCUT2D eigenvalue weighted by atomic mass is 9.98. The quantitative estimate of drug-likeness (QED) is 0.846. The molecule has 0 saturated carbocycles. The van der Waals surface area contributed by atoms with Gasteiger partial charge >= 0.3 is 0 Å². The van der Waals surface area contributed by atoms with Crippen molar-refractivity contribution in [3.8, 4) is 5.75 Å². The predicted molar refractivity (Wildman–Crippen MR) is 98.3 cm³/mol. The molecule has 1 aromatic carbocycles. The Morgan fingerprint density at radius 3 is 3.00 bits per heavy atom.